The highest BCUT2D eigenvalue weighted by Crippen LogP contribution is 2.41. The number of ether oxygens (including phenoxy) is 1. The lowest BCUT2D eigenvalue weighted by Gasteiger charge is -2.41. The summed E-state index contributed by atoms with van der Waals surface area (Å²) < 4.78 is 5.16. The minimum absolute atomic E-state index is 0.254. The molecule has 0 bridgehead atoms. The molecule has 1 aromatic heterocycles. The predicted molar refractivity (Wildman–Crippen MR) is 83.5 cm³/mol. The van der Waals surface area contributed by atoms with Gasteiger partial charge in [0.1, 0.15) is 6.17 Å². The molecule has 7 nitrogen and oxygen atoms in total. The maximum Gasteiger partial charge on any atom is 0.336 e. The fourth-order valence-corrected chi connectivity index (χ4v) is 3.97. The summed E-state index contributed by atoms with van der Waals surface area (Å²) in [6.07, 6.45) is -0.554. The molecule has 3 rings (SSSR count). The molecular formula is C15H17N3O4S. The molecule has 122 valence electrons. The van der Waals surface area contributed by atoms with E-state index in [1.165, 1.54) is 11.3 Å². The first kappa shape index (κ1) is 15.5. The van der Waals surface area contributed by atoms with Crippen LogP contribution in [0.25, 0.3) is 0 Å². The summed E-state index contributed by atoms with van der Waals surface area (Å²) >= 11 is 1.47. The minimum Gasteiger partial charge on any atom is -0.463 e. The van der Waals surface area contributed by atoms with Crippen molar-refractivity contribution in [2.24, 2.45) is 5.92 Å². The van der Waals surface area contributed by atoms with E-state index >= 15 is 0 Å². The van der Waals surface area contributed by atoms with Gasteiger partial charge in [0, 0.05) is 16.5 Å². The molecule has 1 aromatic rings. The largest absolute Gasteiger partial charge is 0.463 e. The summed E-state index contributed by atoms with van der Waals surface area (Å²) in [5, 5.41) is 9.92. The second kappa shape index (κ2) is 6.04. The second-order valence-electron chi connectivity index (χ2n) is 5.36. The topological polar surface area (TPSA) is 96.5 Å². The zero-order valence-electron chi connectivity index (χ0n) is 12.7. The second-order valence-corrected chi connectivity index (χ2v) is 6.34. The van der Waals surface area contributed by atoms with Crippen LogP contribution in [0.5, 0.6) is 0 Å². The lowest BCUT2D eigenvalue weighted by Crippen LogP contribution is -2.66. The van der Waals surface area contributed by atoms with Crippen LogP contribution in [0, 0.1) is 5.92 Å². The highest BCUT2D eigenvalue weighted by atomic mass is 32.1. The lowest BCUT2D eigenvalue weighted by molar-refractivity contribution is -0.139. The molecule has 1 saturated heterocycles. The van der Waals surface area contributed by atoms with Crippen LogP contribution in [0.15, 0.2) is 28.8 Å². The van der Waals surface area contributed by atoms with Crippen LogP contribution < -0.4 is 16.0 Å². The summed E-state index contributed by atoms with van der Waals surface area (Å²) in [6.45, 7) is 3.74. The molecular weight excluding hydrogens is 318 g/mol. The molecule has 1 fully saturated rings. The van der Waals surface area contributed by atoms with Gasteiger partial charge in [0.15, 0.2) is 0 Å². The quantitative estimate of drug-likeness (QED) is 0.718. The Balaban J connectivity index is 2.09. The summed E-state index contributed by atoms with van der Waals surface area (Å²) in [7, 11) is 0. The van der Waals surface area contributed by atoms with Gasteiger partial charge in [-0.25, -0.2) is 9.59 Å². The normalized spacial score (nSPS) is 26.8. The number of thiophene rings is 1. The van der Waals surface area contributed by atoms with E-state index < -0.39 is 35.9 Å². The Morgan fingerprint density at radius 3 is 2.78 bits per heavy atom. The molecule has 2 aliphatic heterocycles. The SMILES string of the molecule is CCOC(=O)C1=C(C)NC2NC(=O)NC(=O)C2C1c1cccs1. The van der Waals surface area contributed by atoms with Crippen LogP contribution >= 0.6 is 11.3 Å². The van der Waals surface area contributed by atoms with Crippen LogP contribution in [0.1, 0.15) is 24.6 Å². The van der Waals surface area contributed by atoms with E-state index in [-0.39, 0.29) is 6.61 Å². The molecule has 3 heterocycles. The number of rotatable bonds is 3. The van der Waals surface area contributed by atoms with Gasteiger partial charge >= 0.3 is 12.0 Å². The van der Waals surface area contributed by atoms with Crippen molar-refractivity contribution in [3.8, 4) is 0 Å². The van der Waals surface area contributed by atoms with Gasteiger partial charge in [0.25, 0.3) is 0 Å². The predicted octanol–water partition coefficient (Wildman–Crippen LogP) is 1.05. The van der Waals surface area contributed by atoms with Crippen LogP contribution in [-0.4, -0.2) is 30.7 Å². The fourth-order valence-electron chi connectivity index (χ4n) is 3.08. The van der Waals surface area contributed by atoms with Crippen LogP contribution in [0.2, 0.25) is 0 Å². The van der Waals surface area contributed by atoms with Crippen molar-refractivity contribution in [2.75, 3.05) is 6.61 Å². The number of urea groups is 1. The molecule has 0 radical (unpaired) electrons. The van der Waals surface area contributed by atoms with Crippen molar-refractivity contribution in [3.63, 3.8) is 0 Å². The number of amides is 3. The summed E-state index contributed by atoms with van der Waals surface area (Å²) in [5.41, 5.74) is 1.04. The van der Waals surface area contributed by atoms with Crippen LogP contribution in [0.4, 0.5) is 4.79 Å². The first-order valence-corrected chi connectivity index (χ1v) is 8.20. The Kier molecular flexibility index (Phi) is 4.08. The Morgan fingerprint density at radius 2 is 2.13 bits per heavy atom. The van der Waals surface area contributed by atoms with E-state index in [2.05, 4.69) is 16.0 Å². The van der Waals surface area contributed by atoms with E-state index in [0.29, 0.717) is 11.3 Å². The smallest absolute Gasteiger partial charge is 0.336 e. The number of allylic oxidation sites excluding steroid dienone is 1. The zero-order chi connectivity index (χ0) is 16.6. The Hall–Kier alpha value is -2.35. The van der Waals surface area contributed by atoms with E-state index in [9.17, 15) is 14.4 Å². The van der Waals surface area contributed by atoms with Crippen molar-refractivity contribution < 1.29 is 19.1 Å². The number of esters is 1. The zero-order valence-corrected chi connectivity index (χ0v) is 13.5. The summed E-state index contributed by atoms with van der Waals surface area (Å²) in [6, 6.07) is 3.21. The molecule has 3 N–H and O–H groups in total. The van der Waals surface area contributed by atoms with Crippen molar-refractivity contribution in [3.05, 3.63) is 33.7 Å². The molecule has 3 unspecified atom stereocenters. The third kappa shape index (κ3) is 2.70. The standard InChI is InChI=1S/C15H17N3O4S/c1-3-22-14(20)9-7(2)16-12-11(13(19)18-15(21)17-12)10(9)8-5-4-6-23-8/h4-6,10-12,16H,3H2,1-2H3,(H2,17,18,19,21). The van der Waals surface area contributed by atoms with Crippen LogP contribution in [0.3, 0.4) is 0 Å². The lowest BCUT2D eigenvalue weighted by atomic mass is 9.77. The molecule has 3 atom stereocenters. The van der Waals surface area contributed by atoms with Gasteiger partial charge in [-0.15, -0.1) is 11.3 Å². The highest BCUT2D eigenvalue weighted by Gasteiger charge is 2.48. The molecule has 0 aliphatic carbocycles. The van der Waals surface area contributed by atoms with Crippen molar-refractivity contribution >= 4 is 29.2 Å². The molecule has 0 aromatic carbocycles. The number of imide groups is 1. The maximum absolute atomic E-state index is 12.4. The highest BCUT2D eigenvalue weighted by molar-refractivity contribution is 7.10. The first-order chi connectivity index (χ1) is 11.0. The minimum atomic E-state index is -0.616. The van der Waals surface area contributed by atoms with Gasteiger partial charge in [-0.05, 0) is 25.3 Å². The molecule has 2 aliphatic rings. The first-order valence-electron chi connectivity index (χ1n) is 7.32. The van der Waals surface area contributed by atoms with E-state index in [0.717, 1.165) is 4.88 Å². The summed E-state index contributed by atoms with van der Waals surface area (Å²) in [4.78, 5) is 37.3. The number of hydrogen-bond donors (Lipinski definition) is 3. The van der Waals surface area contributed by atoms with E-state index in [1.807, 2.05) is 17.5 Å². The molecule has 8 heteroatoms. The Labute approximate surface area is 137 Å². The molecule has 0 spiro atoms. The summed E-state index contributed by atoms with van der Waals surface area (Å²) in [5.74, 6) is -1.92. The van der Waals surface area contributed by atoms with Crippen LogP contribution in [-0.2, 0) is 14.3 Å². The van der Waals surface area contributed by atoms with Gasteiger partial charge in [0.2, 0.25) is 5.91 Å². The van der Waals surface area contributed by atoms with Crippen molar-refractivity contribution in [1.82, 2.24) is 16.0 Å². The number of carbonyl (C=O) groups is 3. The Morgan fingerprint density at radius 1 is 1.35 bits per heavy atom. The van der Waals surface area contributed by atoms with Crippen molar-refractivity contribution in [2.45, 2.75) is 25.9 Å². The monoisotopic (exact) mass is 335 g/mol. The fraction of sp³-hybridized carbons (Fsp3) is 0.400. The van der Waals surface area contributed by atoms with Gasteiger partial charge in [-0.3, -0.25) is 10.1 Å². The average Bonchev–Trinajstić information content (AvgIpc) is 2.99. The van der Waals surface area contributed by atoms with Gasteiger partial charge in [0.05, 0.1) is 18.1 Å². The van der Waals surface area contributed by atoms with Gasteiger partial charge in [-0.1, -0.05) is 6.07 Å². The number of fused-ring (bicyclic) bond motifs is 1. The molecule has 3 amide bonds. The van der Waals surface area contributed by atoms with Crippen molar-refractivity contribution in [1.29, 1.82) is 0 Å². The van der Waals surface area contributed by atoms with E-state index in [4.69, 9.17) is 4.74 Å². The third-order valence-corrected chi connectivity index (χ3v) is 4.93. The Bertz CT molecular complexity index is 683. The van der Waals surface area contributed by atoms with Gasteiger partial charge < -0.3 is 15.4 Å². The average molecular weight is 335 g/mol. The van der Waals surface area contributed by atoms with E-state index in [1.54, 1.807) is 13.8 Å². The molecule has 0 saturated carbocycles. The number of nitrogens with one attached hydrogen (secondary N) is 3. The number of carbonyl (C=O) groups excluding carboxylic acids is 3. The third-order valence-electron chi connectivity index (χ3n) is 3.98. The van der Waals surface area contributed by atoms with Gasteiger partial charge in [-0.2, -0.15) is 0 Å². The maximum atomic E-state index is 12.4. The number of hydrogen-bond acceptors (Lipinski definition) is 6. The molecule has 23 heavy (non-hydrogen) atoms.